The summed E-state index contributed by atoms with van der Waals surface area (Å²) in [7, 11) is 0. The highest BCUT2D eigenvalue weighted by atomic mass is 35.5. The minimum Gasteiger partial charge on any atom is -0.450 e. The fraction of sp³-hybridized carbons (Fsp3) is 0.222. The summed E-state index contributed by atoms with van der Waals surface area (Å²) in [4.78, 5) is 34.1. The van der Waals surface area contributed by atoms with Gasteiger partial charge in [-0.1, -0.05) is 11.6 Å². The molecular formula is C18H18ClN3O5. The van der Waals surface area contributed by atoms with E-state index in [1.54, 1.807) is 0 Å². The van der Waals surface area contributed by atoms with E-state index in [1.807, 2.05) is 13.8 Å². The molecule has 2 aromatic rings. The number of hydrogen-bond donors (Lipinski definition) is 2. The van der Waals surface area contributed by atoms with Gasteiger partial charge >= 0.3 is 5.69 Å². The molecule has 0 unspecified atom stereocenters. The molecule has 2 rings (SSSR count). The van der Waals surface area contributed by atoms with Gasteiger partial charge in [0.05, 0.1) is 11.5 Å². The second kappa shape index (κ2) is 9.00. The fourth-order valence-electron chi connectivity index (χ4n) is 2.16. The number of hydrogen-bond acceptors (Lipinski definition) is 5. The zero-order valence-corrected chi connectivity index (χ0v) is 15.4. The Morgan fingerprint density at radius 3 is 2.44 bits per heavy atom. The molecule has 0 aliphatic rings. The summed E-state index contributed by atoms with van der Waals surface area (Å²) in [5, 5.41) is 16.5. The molecule has 0 aliphatic carbocycles. The zero-order valence-electron chi connectivity index (χ0n) is 14.7. The smallest absolute Gasteiger partial charge is 0.313 e. The molecule has 0 fully saturated rings. The number of halogens is 1. The molecule has 142 valence electrons. The third kappa shape index (κ3) is 5.96. The van der Waals surface area contributed by atoms with Gasteiger partial charge in [-0.25, -0.2) is 0 Å². The molecule has 9 heteroatoms. The maximum Gasteiger partial charge on any atom is 0.313 e. The second-order valence-electron chi connectivity index (χ2n) is 5.90. The monoisotopic (exact) mass is 391 g/mol. The molecule has 0 heterocycles. The van der Waals surface area contributed by atoms with Gasteiger partial charge < -0.3 is 15.4 Å². The van der Waals surface area contributed by atoms with Gasteiger partial charge in [0.15, 0.2) is 0 Å². The largest absolute Gasteiger partial charge is 0.450 e. The summed E-state index contributed by atoms with van der Waals surface area (Å²) >= 11 is 5.77. The van der Waals surface area contributed by atoms with Crippen LogP contribution in [0.2, 0.25) is 5.02 Å². The van der Waals surface area contributed by atoms with Crippen LogP contribution < -0.4 is 15.4 Å². The molecule has 2 amide bonds. The first-order valence-corrected chi connectivity index (χ1v) is 8.43. The van der Waals surface area contributed by atoms with Crippen molar-refractivity contribution in [3.8, 4) is 11.5 Å². The van der Waals surface area contributed by atoms with Gasteiger partial charge in [0.2, 0.25) is 11.7 Å². The van der Waals surface area contributed by atoms with E-state index in [4.69, 9.17) is 16.3 Å². The van der Waals surface area contributed by atoms with Crippen LogP contribution in [0.3, 0.4) is 0 Å². The lowest BCUT2D eigenvalue weighted by Gasteiger charge is -2.10. The first-order chi connectivity index (χ1) is 12.8. The molecule has 0 saturated heterocycles. The number of nitro groups is 1. The quantitative estimate of drug-likeness (QED) is 0.555. The molecule has 8 nitrogen and oxygen atoms in total. The highest BCUT2D eigenvalue weighted by Crippen LogP contribution is 2.33. The Hall–Kier alpha value is -3.13. The predicted octanol–water partition coefficient (Wildman–Crippen LogP) is 3.29. The summed E-state index contributed by atoms with van der Waals surface area (Å²) in [5.41, 5.74) is 0.0609. The van der Waals surface area contributed by atoms with Crippen LogP contribution in [0.5, 0.6) is 11.5 Å². The van der Waals surface area contributed by atoms with Crippen molar-refractivity contribution < 1.29 is 19.2 Å². The van der Waals surface area contributed by atoms with Crippen molar-refractivity contribution in [2.45, 2.75) is 19.9 Å². The normalized spacial score (nSPS) is 10.4. The summed E-state index contributed by atoms with van der Waals surface area (Å²) in [6.07, 6.45) is 0. The first-order valence-electron chi connectivity index (χ1n) is 8.05. The van der Waals surface area contributed by atoms with Crippen molar-refractivity contribution in [1.29, 1.82) is 0 Å². The Bertz CT molecular complexity index is 853. The van der Waals surface area contributed by atoms with Crippen LogP contribution in [0.15, 0.2) is 42.5 Å². The standard InChI is InChI=1S/C18H18ClN3O5/c1-11(2)21-17(23)10-20-18(24)12-3-6-14(7-4-12)27-16-8-5-13(19)9-15(16)22(25)26/h3-9,11H,10H2,1-2H3,(H,20,24)(H,21,23). The predicted molar refractivity (Wildman–Crippen MR) is 100 cm³/mol. The van der Waals surface area contributed by atoms with E-state index >= 15 is 0 Å². The highest BCUT2D eigenvalue weighted by Gasteiger charge is 2.17. The number of nitrogens with zero attached hydrogens (tertiary/aromatic N) is 1. The van der Waals surface area contributed by atoms with Crippen LogP contribution in [-0.4, -0.2) is 29.3 Å². The van der Waals surface area contributed by atoms with E-state index in [-0.39, 0.29) is 35.0 Å². The van der Waals surface area contributed by atoms with Gasteiger partial charge in [0, 0.05) is 22.7 Å². The molecular weight excluding hydrogens is 374 g/mol. The molecule has 0 radical (unpaired) electrons. The number of rotatable bonds is 7. The number of nitrogens with one attached hydrogen (secondary N) is 2. The van der Waals surface area contributed by atoms with Gasteiger partial charge in [-0.15, -0.1) is 0 Å². The summed E-state index contributed by atoms with van der Waals surface area (Å²) < 4.78 is 5.51. The van der Waals surface area contributed by atoms with E-state index in [0.29, 0.717) is 11.3 Å². The average molecular weight is 392 g/mol. The van der Waals surface area contributed by atoms with Crippen LogP contribution >= 0.6 is 11.6 Å². The highest BCUT2D eigenvalue weighted by molar-refractivity contribution is 6.30. The topological polar surface area (TPSA) is 111 Å². The first kappa shape index (κ1) is 20.2. The van der Waals surface area contributed by atoms with E-state index < -0.39 is 10.8 Å². The Labute approximate surface area is 160 Å². The number of ether oxygens (including phenoxy) is 1. The molecule has 0 bridgehead atoms. The van der Waals surface area contributed by atoms with E-state index in [9.17, 15) is 19.7 Å². The third-order valence-corrected chi connectivity index (χ3v) is 3.56. The number of nitro benzene ring substituents is 1. The zero-order chi connectivity index (χ0) is 20.0. The van der Waals surface area contributed by atoms with Crippen molar-refractivity contribution in [2.75, 3.05) is 6.54 Å². The molecule has 0 atom stereocenters. The molecule has 2 aromatic carbocycles. The minimum atomic E-state index is -0.592. The lowest BCUT2D eigenvalue weighted by atomic mass is 10.2. The average Bonchev–Trinajstić information content (AvgIpc) is 2.61. The fourth-order valence-corrected chi connectivity index (χ4v) is 2.32. The molecule has 0 saturated carbocycles. The van der Waals surface area contributed by atoms with Crippen LogP contribution in [0.4, 0.5) is 5.69 Å². The minimum absolute atomic E-state index is 0.0113. The Morgan fingerprint density at radius 1 is 1.19 bits per heavy atom. The van der Waals surface area contributed by atoms with E-state index in [1.165, 1.54) is 42.5 Å². The van der Waals surface area contributed by atoms with Gasteiger partial charge in [0.25, 0.3) is 5.91 Å². The lowest BCUT2D eigenvalue weighted by molar-refractivity contribution is -0.385. The summed E-state index contributed by atoms with van der Waals surface area (Å²) in [5.74, 6) is -0.354. The second-order valence-corrected chi connectivity index (χ2v) is 6.34. The Kier molecular flexibility index (Phi) is 6.73. The summed E-state index contributed by atoms with van der Waals surface area (Å²) in [6, 6.07) is 10.0. The van der Waals surface area contributed by atoms with Crippen molar-refractivity contribution in [3.05, 3.63) is 63.2 Å². The van der Waals surface area contributed by atoms with Crippen LogP contribution in [0.1, 0.15) is 24.2 Å². The Balaban J connectivity index is 2.02. The molecule has 27 heavy (non-hydrogen) atoms. The van der Waals surface area contributed by atoms with E-state index in [2.05, 4.69) is 10.6 Å². The van der Waals surface area contributed by atoms with Gasteiger partial charge in [-0.05, 0) is 50.2 Å². The number of carbonyl (C=O) groups is 2. The van der Waals surface area contributed by atoms with Crippen LogP contribution in [0, 0.1) is 10.1 Å². The van der Waals surface area contributed by atoms with Crippen molar-refractivity contribution in [3.63, 3.8) is 0 Å². The van der Waals surface area contributed by atoms with Crippen molar-refractivity contribution in [2.24, 2.45) is 0 Å². The van der Waals surface area contributed by atoms with Crippen molar-refractivity contribution >= 4 is 29.1 Å². The third-order valence-electron chi connectivity index (χ3n) is 3.32. The molecule has 0 spiro atoms. The molecule has 0 aromatic heterocycles. The lowest BCUT2D eigenvalue weighted by Crippen LogP contribution is -2.39. The molecule has 0 aliphatic heterocycles. The maximum atomic E-state index is 12.0. The van der Waals surface area contributed by atoms with Crippen molar-refractivity contribution in [1.82, 2.24) is 10.6 Å². The number of carbonyl (C=O) groups excluding carboxylic acids is 2. The van der Waals surface area contributed by atoms with E-state index in [0.717, 1.165) is 0 Å². The molecule has 2 N–H and O–H groups in total. The van der Waals surface area contributed by atoms with Gasteiger partial charge in [-0.2, -0.15) is 0 Å². The van der Waals surface area contributed by atoms with Gasteiger partial charge in [-0.3, -0.25) is 19.7 Å². The Morgan fingerprint density at radius 2 is 1.85 bits per heavy atom. The SMILES string of the molecule is CC(C)NC(=O)CNC(=O)c1ccc(Oc2ccc(Cl)cc2[N+](=O)[O-])cc1. The summed E-state index contributed by atoms with van der Waals surface area (Å²) in [6.45, 7) is 3.51. The number of amides is 2. The number of benzene rings is 2. The van der Waals surface area contributed by atoms with Crippen LogP contribution in [-0.2, 0) is 4.79 Å². The maximum absolute atomic E-state index is 12.0. The van der Waals surface area contributed by atoms with Crippen LogP contribution in [0.25, 0.3) is 0 Å². The van der Waals surface area contributed by atoms with Gasteiger partial charge in [0.1, 0.15) is 5.75 Å².